The van der Waals surface area contributed by atoms with Gasteiger partial charge < -0.3 is 10.1 Å². The molecular formula is C22H16ClN3O2S. The van der Waals surface area contributed by atoms with E-state index in [1.54, 1.807) is 31.4 Å². The van der Waals surface area contributed by atoms with E-state index >= 15 is 0 Å². The third-order valence-corrected chi connectivity index (χ3v) is 5.86. The second-order valence-corrected chi connectivity index (χ2v) is 7.57. The van der Waals surface area contributed by atoms with E-state index in [2.05, 4.69) is 15.5 Å². The first-order chi connectivity index (χ1) is 14.1. The minimum absolute atomic E-state index is 0.256. The molecule has 0 unspecified atom stereocenters. The van der Waals surface area contributed by atoms with Crippen LogP contribution in [0.1, 0.15) is 9.67 Å². The number of nitrogens with one attached hydrogen (secondary N) is 1. The lowest BCUT2D eigenvalue weighted by Crippen LogP contribution is -2.10. The normalized spacial score (nSPS) is 11.1. The van der Waals surface area contributed by atoms with Crippen molar-refractivity contribution in [3.8, 4) is 5.75 Å². The van der Waals surface area contributed by atoms with Gasteiger partial charge in [0.05, 0.1) is 23.5 Å². The summed E-state index contributed by atoms with van der Waals surface area (Å²) in [5.41, 5.74) is 2.12. The second-order valence-electron chi connectivity index (χ2n) is 6.14. The summed E-state index contributed by atoms with van der Waals surface area (Å²) < 4.78 is 6.13. The zero-order chi connectivity index (χ0) is 20.2. The van der Waals surface area contributed by atoms with Crippen LogP contribution in [-0.2, 0) is 0 Å². The van der Waals surface area contributed by atoms with Gasteiger partial charge in [-0.25, -0.2) is 0 Å². The Bertz CT molecular complexity index is 1190. The van der Waals surface area contributed by atoms with E-state index < -0.39 is 0 Å². The fourth-order valence-electron chi connectivity index (χ4n) is 2.73. The summed E-state index contributed by atoms with van der Waals surface area (Å²) in [7, 11) is 1.60. The van der Waals surface area contributed by atoms with Crippen molar-refractivity contribution in [3.63, 3.8) is 0 Å². The highest BCUT2D eigenvalue weighted by Crippen LogP contribution is 2.37. The lowest BCUT2D eigenvalue weighted by Gasteiger charge is -2.04. The van der Waals surface area contributed by atoms with Gasteiger partial charge >= 0.3 is 0 Å². The van der Waals surface area contributed by atoms with Crippen LogP contribution in [0.5, 0.6) is 5.75 Å². The molecule has 1 N–H and O–H groups in total. The molecule has 4 aromatic rings. The van der Waals surface area contributed by atoms with Gasteiger partial charge in [0, 0.05) is 15.8 Å². The number of methoxy groups -OCH3 is 1. The molecule has 0 saturated carbocycles. The van der Waals surface area contributed by atoms with Crippen LogP contribution in [0, 0.1) is 0 Å². The minimum atomic E-state index is -0.256. The van der Waals surface area contributed by atoms with Crippen molar-refractivity contribution >= 4 is 56.0 Å². The van der Waals surface area contributed by atoms with Gasteiger partial charge in [-0.05, 0) is 54.6 Å². The minimum Gasteiger partial charge on any atom is -0.497 e. The Hall–Kier alpha value is -3.22. The Morgan fingerprint density at radius 3 is 2.34 bits per heavy atom. The van der Waals surface area contributed by atoms with Crippen LogP contribution in [0.25, 0.3) is 10.1 Å². The van der Waals surface area contributed by atoms with E-state index in [4.69, 9.17) is 16.3 Å². The van der Waals surface area contributed by atoms with Crippen molar-refractivity contribution in [2.24, 2.45) is 10.2 Å². The number of nitrogens with zero attached hydrogens (tertiary/aromatic N) is 2. The molecule has 7 heteroatoms. The van der Waals surface area contributed by atoms with Crippen molar-refractivity contribution in [1.29, 1.82) is 0 Å². The molecule has 29 heavy (non-hydrogen) atoms. The lowest BCUT2D eigenvalue weighted by molar-refractivity contribution is 0.103. The van der Waals surface area contributed by atoms with E-state index in [-0.39, 0.29) is 5.91 Å². The molecule has 0 aliphatic heterocycles. The smallest absolute Gasteiger partial charge is 0.267 e. The molecule has 144 valence electrons. The number of halogens is 1. The van der Waals surface area contributed by atoms with Gasteiger partial charge in [0.25, 0.3) is 5.91 Å². The number of hydrogen-bond donors (Lipinski definition) is 1. The number of carbonyl (C=O) groups excluding carboxylic acids is 1. The first-order valence-corrected chi connectivity index (χ1v) is 9.98. The molecule has 0 atom stereocenters. The quantitative estimate of drug-likeness (QED) is 0.345. The van der Waals surface area contributed by atoms with E-state index in [0.29, 0.717) is 21.3 Å². The summed E-state index contributed by atoms with van der Waals surface area (Å²) in [5.74, 6) is 0.469. The second kappa shape index (κ2) is 8.43. The Labute approximate surface area is 176 Å². The average molecular weight is 422 g/mol. The zero-order valence-electron chi connectivity index (χ0n) is 15.4. The van der Waals surface area contributed by atoms with E-state index in [9.17, 15) is 4.79 Å². The zero-order valence-corrected chi connectivity index (χ0v) is 17.0. The summed E-state index contributed by atoms with van der Waals surface area (Å²) in [6.07, 6.45) is 0. The Kier molecular flexibility index (Phi) is 5.55. The van der Waals surface area contributed by atoms with Crippen LogP contribution in [0.3, 0.4) is 0 Å². The highest BCUT2D eigenvalue weighted by molar-refractivity contribution is 7.21. The predicted octanol–water partition coefficient (Wildman–Crippen LogP) is 7.23. The Morgan fingerprint density at radius 2 is 1.66 bits per heavy atom. The molecular weight excluding hydrogens is 406 g/mol. The van der Waals surface area contributed by atoms with Gasteiger partial charge in [-0.1, -0.05) is 29.8 Å². The first-order valence-electron chi connectivity index (χ1n) is 8.78. The molecule has 0 radical (unpaired) electrons. The molecule has 1 heterocycles. The van der Waals surface area contributed by atoms with Gasteiger partial charge in [-0.3, -0.25) is 4.79 Å². The monoisotopic (exact) mass is 421 g/mol. The number of hydrogen-bond acceptors (Lipinski definition) is 5. The van der Waals surface area contributed by atoms with Crippen molar-refractivity contribution in [2.45, 2.75) is 0 Å². The summed E-state index contributed by atoms with van der Waals surface area (Å²) in [6, 6.07) is 22.2. The Balaban J connectivity index is 1.49. The number of fused-ring (bicyclic) bond motifs is 1. The molecule has 0 fully saturated rings. The predicted molar refractivity (Wildman–Crippen MR) is 118 cm³/mol. The molecule has 1 amide bonds. The number of anilines is 1. The van der Waals surface area contributed by atoms with Crippen LogP contribution in [-0.4, -0.2) is 13.0 Å². The SMILES string of the molecule is COc1ccc2c(Cl)c(C(=O)Nc3ccc(N=Nc4ccccc4)cc3)sc2c1. The fourth-order valence-corrected chi connectivity index (χ4v) is 4.17. The van der Waals surface area contributed by atoms with Crippen LogP contribution >= 0.6 is 22.9 Å². The number of carbonyl (C=O) groups is 1. The van der Waals surface area contributed by atoms with Crippen molar-refractivity contribution < 1.29 is 9.53 Å². The van der Waals surface area contributed by atoms with E-state index in [1.807, 2.05) is 48.5 Å². The summed E-state index contributed by atoms with van der Waals surface area (Å²) in [5, 5.41) is 12.5. The number of benzene rings is 3. The van der Waals surface area contributed by atoms with Crippen molar-refractivity contribution in [2.75, 3.05) is 12.4 Å². The maximum Gasteiger partial charge on any atom is 0.267 e. The molecule has 4 rings (SSSR count). The highest BCUT2D eigenvalue weighted by Gasteiger charge is 2.17. The number of azo groups is 1. The number of thiophene rings is 1. The summed E-state index contributed by atoms with van der Waals surface area (Å²) in [6.45, 7) is 0. The van der Waals surface area contributed by atoms with Gasteiger partial charge in [-0.2, -0.15) is 10.2 Å². The maximum atomic E-state index is 12.7. The molecule has 0 saturated heterocycles. The van der Waals surface area contributed by atoms with Crippen LogP contribution in [0.2, 0.25) is 5.02 Å². The van der Waals surface area contributed by atoms with Gasteiger partial charge in [0.1, 0.15) is 10.6 Å². The maximum absolute atomic E-state index is 12.7. The lowest BCUT2D eigenvalue weighted by atomic mass is 10.2. The third-order valence-electron chi connectivity index (χ3n) is 4.21. The molecule has 0 spiro atoms. The molecule has 1 aromatic heterocycles. The van der Waals surface area contributed by atoms with Gasteiger partial charge in [0.2, 0.25) is 0 Å². The van der Waals surface area contributed by atoms with Crippen molar-refractivity contribution in [1.82, 2.24) is 0 Å². The molecule has 0 bridgehead atoms. The number of amides is 1. The van der Waals surface area contributed by atoms with Gasteiger partial charge in [-0.15, -0.1) is 11.3 Å². The van der Waals surface area contributed by atoms with Gasteiger partial charge in [0.15, 0.2) is 0 Å². The van der Waals surface area contributed by atoms with E-state index in [0.717, 1.165) is 21.5 Å². The third kappa shape index (κ3) is 4.29. The van der Waals surface area contributed by atoms with Crippen LogP contribution < -0.4 is 10.1 Å². The van der Waals surface area contributed by atoms with Crippen LogP contribution in [0.15, 0.2) is 83.0 Å². The largest absolute Gasteiger partial charge is 0.497 e. The molecule has 0 aliphatic rings. The number of rotatable bonds is 5. The fraction of sp³-hybridized carbons (Fsp3) is 0.0455. The summed E-state index contributed by atoms with van der Waals surface area (Å²) >= 11 is 7.75. The summed E-state index contributed by atoms with van der Waals surface area (Å²) in [4.78, 5) is 13.2. The molecule has 5 nitrogen and oxygen atoms in total. The standard InChI is InChI=1S/C22H16ClN3O2S/c1-28-17-11-12-18-19(13-17)29-21(20(18)23)22(27)24-14-7-9-16(10-8-14)26-25-15-5-3-2-4-6-15/h2-13H,1H3,(H,24,27). The first kappa shape index (κ1) is 19.1. The van der Waals surface area contributed by atoms with E-state index in [1.165, 1.54) is 11.3 Å². The number of ether oxygens (including phenoxy) is 1. The van der Waals surface area contributed by atoms with Crippen molar-refractivity contribution in [3.05, 3.63) is 82.7 Å². The topological polar surface area (TPSA) is 63.0 Å². The molecule has 3 aromatic carbocycles. The Morgan fingerprint density at radius 1 is 0.966 bits per heavy atom. The van der Waals surface area contributed by atoms with Crippen LogP contribution in [0.4, 0.5) is 17.1 Å². The molecule has 0 aliphatic carbocycles. The highest BCUT2D eigenvalue weighted by atomic mass is 35.5. The average Bonchev–Trinajstić information content (AvgIpc) is 3.10.